The van der Waals surface area contributed by atoms with E-state index in [1.54, 1.807) is 44.2 Å². The van der Waals surface area contributed by atoms with E-state index in [0.29, 0.717) is 16.8 Å². The number of carbonyl (C=O) groups is 7. The number of carbonyl (C=O) groups excluding carboxylic acids is 6. The van der Waals surface area contributed by atoms with Gasteiger partial charge in [0.25, 0.3) is 0 Å². The van der Waals surface area contributed by atoms with Crippen LogP contribution in [0, 0.1) is 5.92 Å². The lowest BCUT2D eigenvalue weighted by Gasteiger charge is -2.27. The Kier molecular flexibility index (Phi) is 18.6. The Morgan fingerprint density at radius 1 is 0.667 bits per heavy atom. The van der Waals surface area contributed by atoms with E-state index in [1.165, 1.54) is 50.6 Å². The molecule has 0 saturated heterocycles. The molecule has 20 nitrogen and oxygen atoms in total. The molecule has 0 aliphatic heterocycles. The van der Waals surface area contributed by atoms with Gasteiger partial charge in [-0.05, 0) is 49.4 Å². The summed E-state index contributed by atoms with van der Waals surface area (Å²) in [5, 5.41) is 54.3. The number of nitrogens with two attached hydrogens (primary N) is 1. The second-order valence-corrected chi connectivity index (χ2v) is 14.8. The zero-order valence-corrected chi connectivity index (χ0v) is 33.8. The summed E-state index contributed by atoms with van der Waals surface area (Å²) in [5.74, 6) is -6.65. The maximum absolute atomic E-state index is 13.7. The van der Waals surface area contributed by atoms with Gasteiger partial charge in [-0.1, -0.05) is 56.3 Å². The van der Waals surface area contributed by atoms with Gasteiger partial charge in [0.15, 0.2) is 0 Å². The van der Waals surface area contributed by atoms with E-state index in [2.05, 4.69) is 41.9 Å². The van der Waals surface area contributed by atoms with Gasteiger partial charge in [0.05, 0.1) is 19.0 Å². The van der Waals surface area contributed by atoms with Crippen LogP contribution in [0.15, 0.2) is 67.1 Å². The average molecular weight is 838 g/mol. The fourth-order valence-corrected chi connectivity index (χ4v) is 5.89. The number of aliphatic hydroxyl groups is 2. The number of aromatic hydroxyl groups is 1. The number of nitrogens with zero attached hydrogens (tertiary/aromatic N) is 1. The number of hydrogen-bond donors (Lipinski definition) is 12. The van der Waals surface area contributed by atoms with Crippen LogP contribution < -0.4 is 37.6 Å². The van der Waals surface area contributed by atoms with Crippen LogP contribution in [0.4, 0.5) is 0 Å². The maximum atomic E-state index is 13.7. The van der Waals surface area contributed by atoms with E-state index in [0.717, 1.165) is 0 Å². The molecule has 0 unspecified atom stereocenters. The normalized spacial score (nSPS) is 15.1. The summed E-state index contributed by atoms with van der Waals surface area (Å²) >= 11 is 0. The third kappa shape index (κ3) is 15.4. The number of nitrogens with one attached hydrogen (secondary N) is 7. The number of hydrogen-bond acceptors (Lipinski definition) is 12. The molecule has 326 valence electrons. The third-order valence-electron chi connectivity index (χ3n) is 9.21. The number of phenolic OH excluding ortho intramolecular Hbond substituents is 1. The Hall–Kier alpha value is -6.38. The van der Waals surface area contributed by atoms with Gasteiger partial charge in [-0.3, -0.25) is 28.8 Å². The number of phenols is 1. The van der Waals surface area contributed by atoms with Crippen molar-refractivity contribution < 1.29 is 54.0 Å². The number of amides is 6. The molecule has 0 spiro atoms. The van der Waals surface area contributed by atoms with E-state index in [4.69, 9.17) is 5.73 Å². The second kappa shape index (κ2) is 23.3. The van der Waals surface area contributed by atoms with E-state index in [-0.39, 0.29) is 37.4 Å². The molecule has 8 atom stereocenters. The van der Waals surface area contributed by atoms with Gasteiger partial charge < -0.3 is 63.0 Å². The molecule has 60 heavy (non-hydrogen) atoms. The van der Waals surface area contributed by atoms with Crippen LogP contribution in [-0.4, -0.2) is 127 Å². The zero-order chi connectivity index (χ0) is 44.5. The highest BCUT2D eigenvalue weighted by molar-refractivity contribution is 5.97. The molecule has 0 bridgehead atoms. The number of rotatable bonds is 23. The molecule has 2 aromatic carbocycles. The molecule has 3 aromatic rings. The smallest absolute Gasteiger partial charge is 0.326 e. The largest absolute Gasteiger partial charge is 0.508 e. The van der Waals surface area contributed by atoms with Crippen molar-refractivity contribution >= 4 is 41.4 Å². The first-order valence-electron chi connectivity index (χ1n) is 19.3. The summed E-state index contributed by atoms with van der Waals surface area (Å²) in [6.07, 6.45) is 1.02. The van der Waals surface area contributed by atoms with Crippen LogP contribution >= 0.6 is 0 Å². The lowest BCUT2D eigenvalue weighted by atomic mass is 10.0. The number of aliphatic hydroxyl groups excluding tert-OH is 2. The van der Waals surface area contributed by atoms with Gasteiger partial charge in [0, 0.05) is 31.2 Å². The van der Waals surface area contributed by atoms with Crippen molar-refractivity contribution in [2.24, 2.45) is 11.7 Å². The molecule has 3 rings (SSSR count). The molecular weight excluding hydrogens is 782 g/mol. The van der Waals surface area contributed by atoms with Gasteiger partial charge in [-0.25, -0.2) is 9.78 Å². The molecular formula is C40H55N9O11. The van der Waals surface area contributed by atoms with E-state index >= 15 is 0 Å². The van der Waals surface area contributed by atoms with Crippen molar-refractivity contribution in [2.75, 3.05) is 6.61 Å². The summed E-state index contributed by atoms with van der Waals surface area (Å²) in [6, 6.07) is 4.73. The van der Waals surface area contributed by atoms with Crippen molar-refractivity contribution in [1.82, 2.24) is 41.9 Å². The van der Waals surface area contributed by atoms with Gasteiger partial charge >= 0.3 is 5.97 Å². The minimum absolute atomic E-state index is 0.0382. The number of aromatic amines is 1. The second-order valence-electron chi connectivity index (χ2n) is 14.8. The molecule has 0 fully saturated rings. The van der Waals surface area contributed by atoms with Crippen LogP contribution in [0.3, 0.4) is 0 Å². The SMILES string of the molecule is CC(C)C[C@H](NC(=O)[C@H](Cc1ccccc1)NC(=O)[C@@H](NC(=O)[C@H](C)NC(=O)[C@H](Cc1cnc[nH]1)NC(=O)[C@H](Cc1ccc(O)cc1)NC(=O)[C@@H](N)CO)[C@@H](C)O)C(=O)O. The first-order valence-corrected chi connectivity index (χ1v) is 19.3. The quantitative estimate of drug-likeness (QED) is 0.0488. The highest BCUT2D eigenvalue weighted by Gasteiger charge is 2.34. The molecule has 0 radical (unpaired) electrons. The van der Waals surface area contributed by atoms with E-state index < -0.39 is 96.4 Å². The summed E-state index contributed by atoms with van der Waals surface area (Å²) in [4.78, 5) is 99.3. The van der Waals surface area contributed by atoms with Gasteiger partial charge in [-0.15, -0.1) is 0 Å². The molecule has 0 aliphatic carbocycles. The van der Waals surface area contributed by atoms with Gasteiger partial charge in [0.2, 0.25) is 35.4 Å². The van der Waals surface area contributed by atoms with E-state index in [9.17, 15) is 54.0 Å². The van der Waals surface area contributed by atoms with Crippen LogP contribution in [0.25, 0.3) is 0 Å². The summed E-state index contributed by atoms with van der Waals surface area (Å²) in [7, 11) is 0. The number of aliphatic carboxylic acids is 1. The maximum Gasteiger partial charge on any atom is 0.326 e. The molecule has 13 N–H and O–H groups in total. The topological polar surface area (TPSA) is 327 Å². The highest BCUT2D eigenvalue weighted by Crippen LogP contribution is 2.13. The Labute approximate surface area is 346 Å². The summed E-state index contributed by atoms with van der Waals surface area (Å²) < 4.78 is 0. The van der Waals surface area contributed by atoms with Crippen molar-refractivity contribution in [3.8, 4) is 5.75 Å². The van der Waals surface area contributed by atoms with Crippen molar-refractivity contribution in [2.45, 2.75) is 102 Å². The van der Waals surface area contributed by atoms with Crippen LogP contribution in [-0.2, 0) is 52.8 Å². The Morgan fingerprint density at radius 2 is 1.18 bits per heavy atom. The molecule has 20 heteroatoms. The molecule has 0 aliphatic rings. The summed E-state index contributed by atoms with van der Waals surface area (Å²) in [6.45, 7) is 5.38. The Balaban J connectivity index is 1.78. The molecule has 1 heterocycles. The van der Waals surface area contributed by atoms with Crippen LogP contribution in [0.5, 0.6) is 5.75 Å². The predicted octanol–water partition coefficient (Wildman–Crippen LogP) is -2.10. The lowest BCUT2D eigenvalue weighted by Crippen LogP contribution is -2.61. The Morgan fingerprint density at radius 3 is 1.70 bits per heavy atom. The van der Waals surface area contributed by atoms with Crippen molar-refractivity contribution in [3.63, 3.8) is 0 Å². The number of H-pyrrole nitrogens is 1. The average Bonchev–Trinajstić information content (AvgIpc) is 3.72. The standard InChI is InChI=1S/C40H55N9O11/c1-21(2)14-32(40(59)60)48-38(57)30(15-24-8-6-5-7-9-24)47-39(58)33(23(4)51)49-34(53)22(3)44-36(55)31(17-26-18-42-20-43-26)46-37(56)29(45-35(54)28(41)19-50)16-25-10-12-27(52)13-11-25/h5-13,18,20-23,28-33,50-52H,14-17,19,41H2,1-4H3,(H,42,43)(H,44,55)(H,45,54)(H,46,56)(H,47,58)(H,48,57)(H,49,53)(H,59,60)/t22-,23+,28-,29-,30-,31-,32-,33-/m0/s1. The monoisotopic (exact) mass is 837 g/mol. The lowest BCUT2D eigenvalue weighted by molar-refractivity contribution is -0.143. The number of benzene rings is 2. The molecule has 1 aromatic heterocycles. The van der Waals surface area contributed by atoms with E-state index in [1.807, 2.05) is 0 Å². The fourth-order valence-electron chi connectivity index (χ4n) is 5.89. The van der Waals surface area contributed by atoms with Crippen molar-refractivity contribution in [1.29, 1.82) is 0 Å². The fraction of sp³-hybridized carbons (Fsp3) is 0.450. The minimum atomic E-state index is -1.65. The van der Waals surface area contributed by atoms with Crippen LogP contribution in [0.1, 0.15) is 50.9 Å². The highest BCUT2D eigenvalue weighted by atomic mass is 16.4. The first-order chi connectivity index (χ1) is 28.4. The van der Waals surface area contributed by atoms with Gasteiger partial charge in [0.1, 0.15) is 48.0 Å². The number of carboxylic acid groups (broad SMARTS) is 1. The third-order valence-corrected chi connectivity index (χ3v) is 9.21. The van der Waals surface area contributed by atoms with Crippen molar-refractivity contribution in [3.05, 3.63) is 83.9 Å². The molecule has 6 amide bonds. The summed E-state index contributed by atoms with van der Waals surface area (Å²) in [5.41, 5.74) is 7.22. The predicted molar refractivity (Wildman–Crippen MR) is 215 cm³/mol. The number of imidazole rings is 1. The molecule has 0 saturated carbocycles. The Bertz CT molecular complexity index is 1890. The minimum Gasteiger partial charge on any atom is -0.508 e. The zero-order valence-electron chi connectivity index (χ0n) is 33.8. The first kappa shape index (κ1) is 48.0. The van der Waals surface area contributed by atoms with Gasteiger partial charge in [-0.2, -0.15) is 0 Å². The van der Waals surface area contributed by atoms with Crippen LogP contribution in [0.2, 0.25) is 0 Å². The number of carboxylic acids is 1. The number of aromatic nitrogens is 2.